The molecule has 7 rings (SSSR count). The molecule has 180 valence electrons. The number of carbonyl (C=O) groups excluding carboxylic acids is 1. The molecule has 8 heteroatoms. The number of hydrogen-bond acceptors (Lipinski definition) is 5. The third-order valence-electron chi connectivity index (χ3n) is 6.81. The van der Waals surface area contributed by atoms with Gasteiger partial charge in [-0.1, -0.05) is 6.07 Å². The van der Waals surface area contributed by atoms with Crippen LogP contribution in [-0.2, 0) is 13.0 Å². The molecule has 2 aliphatic rings. The molecule has 0 N–H and O–H groups in total. The van der Waals surface area contributed by atoms with Gasteiger partial charge in [0.1, 0.15) is 5.82 Å². The fourth-order valence-corrected chi connectivity index (χ4v) is 5.27. The van der Waals surface area contributed by atoms with Gasteiger partial charge in [-0.15, -0.1) is 12.4 Å². The summed E-state index contributed by atoms with van der Waals surface area (Å²) in [6, 6.07) is 15.4. The van der Waals surface area contributed by atoms with Crippen molar-refractivity contribution in [3.63, 3.8) is 0 Å². The third kappa shape index (κ3) is 3.16. The topological polar surface area (TPSA) is 57.9 Å². The minimum Gasteiger partial charge on any atom is -0.493 e. The summed E-state index contributed by atoms with van der Waals surface area (Å²) in [6.45, 7) is 0.982. The Morgan fingerprint density at radius 3 is 2.67 bits per heavy atom. The molecule has 0 unspecified atom stereocenters. The van der Waals surface area contributed by atoms with Gasteiger partial charge in [0.25, 0.3) is 0 Å². The van der Waals surface area contributed by atoms with Gasteiger partial charge in [-0.2, -0.15) is 4.57 Å². The molecule has 4 aromatic carbocycles. The summed E-state index contributed by atoms with van der Waals surface area (Å²) in [5, 5.41) is 4.87. The van der Waals surface area contributed by atoms with Crippen LogP contribution in [0.4, 0.5) is 4.39 Å². The van der Waals surface area contributed by atoms with Gasteiger partial charge in [0.05, 0.1) is 28.8 Å². The van der Waals surface area contributed by atoms with Gasteiger partial charge in [-0.25, -0.2) is 9.18 Å². The molecular weight excluding hydrogens is 485 g/mol. The molecule has 0 spiro atoms. The van der Waals surface area contributed by atoms with Gasteiger partial charge >= 0.3 is 5.97 Å². The number of halogens is 2. The molecule has 5 aromatic rings. The smallest absolute Gasteiger partial charge is 0.343 e. The second kappa shape index (κ2) is 8.24. The number of carbonyl (C=O) groups is 1. The maximum atomic E-state index is 13.7. The van der Waals surface area contributed by atoms with Crippen molar-refractivity contribution in [2.24, 2.45) is 0 Å². The van der Waals surface area contributed by atoms with E-state index in [1.807, 2.05) is 12.3 Å². The minimum absolute atomic E-state index is 0. The SMILES string of the molecule is COc1ccc2c(c[n+]3c4c2ccc2c5c(cc(c24)CC3)OCO5)c1OC(=O)c1cccc(F)c1.Cl. The van der Waals surface area contributed by atoms with Crippen LogP contribution in [0.3, 0.4) is 0 Å². The van der Waals surface area contributed by atoms with E-state index in [-0.39, 0.29) is 24.8 Å². The van der Waals surface area contributed by atoms with Crippen LogP contribution in [0.1, 0.15) is 15.9 Å². The van der Waals surface area contributed by atoms with E-state index in [1.54, 1.807) is 6.07 Å². The van der Waals surface area contributed by atoms with E-state index in [9.17, 15) is 9.18 Å². The summed E-state index contributed by atoms with van der Waals surface area (Å²) in [5.74, 6) is 1.15. The molecule has 36 heavy (non-hydrogen) atoms. The first-order valence-electron chi connectivity index (χ1n) is 11.3. The van der Waals surface area contributed by atoms with Crippen molar-refractivity contribution in [3.8, 4) is 23.0 Å². The maximum absolute atomic E-state index is 13.7. The zero-order chi connectivity index (χ0) is 23.7. The lowest BCUT2D eigenvalue weighted by Gasteiger charge is -2.18. The molecule has 0 saturated carbocycles. The van der Waals surface area contributed by atoms with Crippen LogP contribution in [0.15, 0.2) is 60.8 Å². The van der Waals surface area contributed by atoms with E-state index in [0.717, 1.165) is 63.0 Å². The van der Waals surface area contributed by atoms with Crippen molar-refractivity contribution in [2.75, 3.05) is 13.9 Å². The Labute approximate surface area is 211 Å². The van der Waals surface area contributed by atoms with Crippen molar-refractivity contribution in [2.45, 2.75) is 13.0 Å². The van der Waals surface area contributed by atoms with E-state index in [2.05, 4.69) is 22.8 Å². The molecule has 3 heterocycles. The second-order valence-corrected chi connectivity index (χ2v) is 8.68. The van der Waals surface area contributed by atoms with Crippen molar-refractivity contribution in [1.82, 2.24) is 0 Å². The average Bonchev–Trinajstić information content (AvgIpc) is 3.35. The number of nitrogens with zero attached hydrogens (tertiary/aromatic N) is 1. The summed E-state index contributed by atoms with van der Waals surface area (Å²) in [4.78, 5) is 12.9. The minimum atomic E-state index is -0.650. The normalized spacial score (nSPS) is 13.3. The molecule has 2 aliphatic heterocycles. The molecule has 0 saturated heterocycles. The highest BCUT2D eigenvalue weighted by Crippen LogP contribution is 2.46. The number of pyridine rings is 1. The van der Waals surface area contributed by atoms with Crippen LogP contribution >= 0.6 is 12.4 Å². The number of ether oxygens (including phenoxy) is 4. The number of methoxy groups -OCH3 is 1. The summed E-state index contributed by atoms with van der Waals surface area (Å²) in [7, 11) is 1.53. The maximum Gasteiger partial charge on any atom is 0.343 e. The van der Waals surface area contributed by atoms with Gasteiger partial charge in [-0.3, -0.25) is 0 Å². The lowest BCUT2D eigenvalue weighted by Crippen LogP contribution is -2.38. The highest BCUT2D eigenvalue weighted by atomic mass is 35.5. The Hall–Kier alpha value is -4.10. The predicted molar refractivity (Wildman–Crippen MR) is 134 cm³/mol. The summed E-state index contributed by atoms with van der Waals surface area (Å²) >= 11 is 0. The van der Waals surface area contributed by atoms with E-state index in [1.165, 1.54) is 30.9 Å². The van der Waals surface area contributed by atoms with Crippen molar-refractivity contribution < 1.29 is 32.7 Å². The molecule has 0 fully saturated rings. The lowest BCUT2D eigenvalue weighted by molar-refractivity contribution is -0.670. The Kier molecular flexibility index (Phi) is 5.12. The van der Waals surface area contributed by atoms with Crippen molar-refractivity contribution >= 4 is 50.8 Å². The Morgan fingerprint density at radius 1 is 1.00 bits per heavy atom. The summed E-state index contributed by atoms with van der Waals surface area (Å²) < 4.78 is 38.7. The largest absolute Gasteiger partial charge is 0.493 e. The van der Waals surface area contributed by atoms with E-state index in [0.29, 0.717) is 11.5 Å². The fraction of sp³-hybridized carbons (Fsp3) is 0.143. The van der Waals surface area contributed by atoms with Crippen LogP contribution < -0.4 is 23.5 Å². The van der Waals surface area contributed by atoms with Gasteiger partial charge in [0.15, 0.2) is 35.7 Å². The van der Waals surface area contributed by atoms with Crippen LogP contribution in [-0.4, -0.2) is 19.9 Å². The number of fused-ring (bicyclic) bond motifs is 4. The van der Waals surface area contributed by atoms with Gasteiger partial charge in [0, 0.05) is 17.2 Å². The van der Waals surface area contributed by atoms with Gasteiger partial charge < -0.3 is 18.9 Å². The molecule has 0 atom stereocenters. The zero-order valence-corrected chi connectivity index (χ0v) is 20.0. The number of esters is 1. The Morgan fingerprint density at radius 2 is 1.83 bits per heavy atom. The van der Waals surface area contributed by atoms with Crippen LogP contribution in [0.5, 0.6) is 23.0 Å². The van der Waals surface area contributed by atoms with Crippen LogP contribution in [0.25, 0.3) is 32.4 Å². The van der Waals surface area contributed by atoms with Crippen LogP contribution in [0.2, 0.25) is 0 Å². The highest BCUT2D eigenvalue weighted by molar-refractivity contribution is 6.17. The number of aromatic nitrogens is 1. The van der Waals surface area contributed by atoms with E-state index >= 15 is 0 Å². The second-order valence-electron chi connectivity index (χ2n) is 8.68. The zero-order valence-electron chi connectivity index (χ0n) is 19.2. The summed E-state index contributed by atoms with van der Waals surface area (Å²) in [5.41, 5.74) is 2.45. The molecule has 0 amide bonds. The number of aryl methyl sites for hydroxylation is 2. The van der Waals surface area contributed by atoms with E-state index < -0.39 is 11.8 Å². The summed E-state index contributed by atoms with van der Waals surface area (Å²) in [6.07, 6.45) is 2.83. The average molecular weight is 505 g/mol. The molecule has 6 nitrogen and oxygen atoms in total. The number of hydrogen-bond donors (Lipinski definition) is 0. The Balaban J connectivity index is 0.00000240. The fourth-order valence-electron chi connectivity index (χ4n) is 5.27. The Bertz CT molecular complexity index is 1740. The predicted octanol–water partition coefficient (Wildman–Crippen LogP) is 5.51. The quantitative estimate of drug-likeness (QED) is 0.140. The van der Waals surface area contributed by atoms with E-state index in [4.69, 9.17) is 18.9 Å². The highest BCUT2D eigenvalue weighted by Gasteiger charge is 2.30. The molecule has 0 bridgehead atoms. The van der Waals surface area contributed by atoms with Crippen LogP contribution in [0, 0.1) is 5.82 Å². The van der Waals surface area contributed by atoms with Crippen molar-refractivity contribution in [1.29, 1.82) is 0 Å². The van der Waals surface area contributed by atoms with Gasteiger partial charge in [0.2, 0.25) is 12.3 Å². The monoisotopic (exact) mass is 504 g/mol. The lowest BCUT2D eigenvalue weighted by atomic mass is 9.93. The first-order valence-corrected chi connectivity index (χ1v) is 11.3. The molecule has 1 aromatic heterocycles. The number of rotatable bonds is 3. The first-order chi connectivity index (χ1) is 17.1. The molecular formula is C28H20ClFNO5+. The standard InChI is InChI=1S/C28H19FNO5.ClH/c1-32-22-8-7-18-19-5-6-20-24-15(12-23-26(20)34-14-33-23)9-10-30(25(19)24)13-21(18)27(22)35-28(31)16-3-2-4-17(29)11-16;/h2-8,11-13H,9-10,14H2,1H3;1H/q+1;. The number of benzene rings is 4. The third-order valence-corrected chi connectivity index (χ3v) is 6.81. The molecule has 0 radical (unpaired) electrons. The first kappa shape index (κ1) is 22.4. The van der Waals surface area contributed by atoms with Gasteiger partial charge in [-0.05, 0) is 54.1 Å². The van der Waals surface area contributed by atoms with Crippen molar-refractivity contribution in [3.05, 3.63) is 77.7 Å². The molecule has 0 aliphatic carbocycles.